The van der Waals surface area contributed by atoms with Gasteiger partial charge < -0.3 is 0 Å². The Labute approximate surface area is 68.5 Å². The summed E-state index contributed by atoms with van der Waals surface area (Å²) in [7, 11) is 0. The van der Waals surface area contributed by atoms with Crippen molar-refractivity contribution in [3.63, 3.8) is 0 Å². The average Bonchev–Trinajstić information content (AvgIpc) is 2.13. The zero-order valence-electron chi connectivity index (χ0n) is 6.89. The van der Waals surface area contributed by atoms with E-state index in [-0.39, 0.29) is 0 Å². The summed E-state index contributed by atoms with van der Waals surface area (Å²) in [5.41, 5.74) is 1.43. The summed E-state index contributed by atoms with van der Waals surface area (Å²) in [6.45, 7) is 8.76. The fourth-order valence-corrected chi connectivity index (χ4v) is 1.40. The van der Waals surface area contributed by atoms with Crippen LogP contribution in [0.1, 0.15) is 20.8 Å². The second-order valence-electron chi connectivity index (χ2n) is 3.23. The van der Waals surface area contributed by atoms with Crippen LogP contribution in [0.25, 0.3) is 0 Å². The molecule has 0 atom stereocenters. The van der Waals surface area contributed by atoms with E-state index in [0.717, 1.165) is 13.1 Å². The third kappa shape index (κ3) is 1.55. The van der Waals surface area contributed by atoms with Crippen molar-refractivity contribution >= 4 is 12.6 Å². The van der Waals surface area contributed by atoms with Crippen LogP contribution in [0.4, 0.5) is 0 Å². The molecule has 0 radical (unpaired) electrons. The van der Waals surface area contributed by atoms with Crippen molar-refractivity contribution in [2.45, 2.75) is 26.8 Å². The van der Waals surface area contributed by atoms with Gasteiger partial charge in [-0.15, -0.1) is 12.6 Å². The Morgan fingerprint density at radius 1 is 1.40 bits per heavy atom. The number of nitrogens with zero attached hydrogens (tertiary/aromatic N) is 1. The summed E-state index contributed by atoms with van der Waals surface area (Å²) < 4.78 is 0. The van der Waals surface area contributed by atoms with Gasteiger partial charge in [0.1, 0.15) is 0 Å². The molecule has 1 nitrogen and oxygen atoms in total. The molecule has 0 aliphatic carbocycles. The van der Waals surface area contributed by atoms with E-state index < -0.39 is 0 Å². The molecule has 0 spiro atoms. The van der Waals surface area contributed by atoms with Crippen molar-refractivity contribution in [3.8, 4) is 0 Å². The summed E-state index contributed by atoms with van der Waals surface area (Å²) in [6.07, 6.45) is 0. The molecule has 0 saturated carbocycles. The van der Waals surface area contributed by atoms with Crippen LogP contribution in [-0.4, -0.2) is 24.0 Å². The molecule has 0 aromatic heterocycles. The lowest BCUT2D eigenvalue weighted by atomic mass is 10.3. The van der Waals surface area contributed by atoms with Gasteiger partial charge in [-0.2, -0.15) is 0 Å². The zero-order valence-corrected chi connectivity index (χ0v) is 7.78. The zero-order chi connectivity index (χ0) is 7.72. The Bertz CT molecular complexity index is 147. The molecular weight excluding hydrogens is 142 g/mol. The quantitative estimate of drug-likeness (QED) is 0.569. The van der Waals surface area contributed by atoms with Crippen LogP contribution in [0.2, 0.25) is 0 Å². The van der Waals surface area contributed by atoms with E-state index >= 15 is 0 Å². The summed E-state index contributed by atoms with van der Waals surface area (Å²) in [5, 5.41) is 0. The molecule has 1 aliphatic rings. The second-order valence-corrected chi connectivity index (χ2v) is 3.77. The molecule has 0 N–H and O–H groups in total. The Hall–Kier alpha value is 0.0500. The molecule has 0 fully saturated rings. The lowest BCUT2D eigenvalue weighted by Gasteiger charge is -2.19. The maximum atomic E-state index is 4.38. The fourth-order valence-electron chi connectivity index (χ4n) is 1.14. The van der Waals surface area contributed by atoms with Gasteiger partial charge in [0.25, 0.3) is 0 Å². The van der Waals surface area contributed by atoms with E-state index in [1.54, 1.807) is 0 Å². The van der Waals surface area contributed by atoms with Gasteiger partial charge in [0, 0.05) is 19.1 Å². The first-order valence-electron chi connectivity index (χ1n) is 3.73. The van der Waals surface area contributed by atoms with Gasteiger partial charge in [0.15, 0.2) is 0 Å². The lowest BCUT2D eigenvalue weighted by Crippen LogP contribution is -2.28. The molecule has 58 valence electrons. The van der Waals surface area contributed by atoms with Gasteiger partial charge in [0.05, 0.1) is 0 Å². The van der Waals surface area contributed by atoms with Gasteiger partial charge in [-0.25, -0.2) is 0 Å². The number of hydrogen-bond donors (Lipinski definition) is 1. The van der Waals surface area contributed by atoms with Crippen molar-refractivity contribution < 1.29 is 0 Å². The number of rotatable bonds is 1. The van der Waals surface area contributed by atoms with E-state index in [4.69, 9.17) is 0 Å². The van der Waals surface area contributed by atoms with Crippen LogP contribution >= 0.6 is 12.6 Å². The smallest absolute Gasteiger partial charge is 0.0297 e. The number of hydrogen-bond acceptors (Lipinski definition) is 2. The highest BCUT2D eigenvalue weighted by Gasteiger charge is 2.18. The molecule has 1 heterocycles. The van der Waals surface area contributed by atoms with Crippen LogP contribution in [0, 0.1) is 0 Å². The van der Waals surface area contributed by atoms with Gasteiger partial charge >= 0.3 is 0 Å². The predicted octanol–water partition coefficient (Wildman–Crippen LogP) is 1.91. The Balaban J connectivity index is 2.51. The molecule has 0 saturated heterocycles. The molecule has 0 aromatic rings. The standard InChI is InChI=1S/C8H15NS/c1-6(2)9-4-7(3)8(10)5-9/h6,10H,4-5H2,1-3H3. The third-order valence-electron chi connectivity index (χ3n) is 2.02. The normalized spacial score (nSPS) is 21.3. The highest BCUT2D eigenvalue weighted by atomic mass is 32.1. The minimum absolute atomic E-state index is 0.652. The third-order valence-corrected chi connectivity index (χ3v) is 2.54. The molecule has 1 rings (SSSR count). The van der Waals surface area contributed by atoms with Crippen molar-refractivity contribution in [2.24, 2.45) is 0 Å². The minimum atomic E-state index is 0.652. The van der Waals surface area contributed by atoms with Crippen LogP contribution in [0.15, 0.2) is 10.5 Å². The Morgan fingerprint density at radius 2 is 2.00 bits per heavy atom. The lowest BCUT2D eigenvalue weighted by molar-refractivity contribution is 0.283. The SMILES string of the molecule is CC1=C(S)CN(C(C)C)C1. The molecule has 0 bridgehead atoms. The molecule has 0 amide bonds. The summed E-state index contributed by atoms with van der Waals surface area (Å²) in [6, 6.07) is 0.652. The maximum absolute atomic E-state index is 4.38. The Morgan fingerprint density at radius 3 is 2.20 bits per heavy atom. The monoisotopic (exact) mass is 157 g/mol. The van der Waals surface area contributed by atoms with Crippen molar-refractivity contribution in [2.75, 3.05) is 13.1 Å². The molecule has 10 heavy (non-hydrogen) atoms. The highest BCUT2D eigenvalue weighted by Crippen LogP contribution is 2.20. The van der Waals surface area contributed by atoms with Crippen molar-refractivity contribution in [1.82, 2.24) is 4.90 Å². The van der Waals surface area contributed by atoms with E-state index in [1.165, 1.54) is 10.5 Å². The van der Waals surface area contributed by atoms with Crippen molar-refractivity contribution in [1.29, 1.82) is 0 Å². The van der Waals surface area contributed by atoms with E-state index in [1.807, 2.05) is 0 Å². The van der Waals surface area contributed by atoms with E-state index in [0.29, 0.717) is 6.04 Å². The predicted molar refractivity (Wildman–Crippen MR) is 48.4 cm³/mol. The summed E-state index contributed by atoms with van der Waals surface area (Å²) in [5.74, 6) is 0. The van der Waals surface area contributed by atoms with Crippen LogP contribution in [-0.2, 0) is 0 Å². The first kappa shape index (κ1) is 8.15. The summed E-state index contributed by atoms with van der Waals surface area (Å²) >= 11 is 4.38. The van der Waals surface area contributed by atoms with Crippen molar-refractivity contribution in [3.05, 3.63) is 10.5 Å². The van der Waals surface area contributed by atoms with Gasteiger partial charge in [-0.3, -0.25) is 4.90 Å². The topological polar surface area (TPSA) is 3.24 Å². The molecular formula is C8H15NS. The van der Waals surface area contributed by atoms with Crippen LogP contribution < -0.4 is 0 Å². The molecule has 0 unspecified atom stereocenters. The molecule has 2 heteroatoms. The van der Waals surface area contributed by atoms with Gasteiger partial charge in [-0.05, 0) is 31.2 Å². The van der Waals surface area contributed by atoms with Gasteiger partial charge in [0.2, 0.25) is 0 Å². The minimum Gasteiger partial charge on any atom is -0.292 e. The van der Waals surface area contributed by atoms with Crippen LogP contribution in [0.3, 0.4) is 0 Å². The van der Waals surface area contributed by atoms with Gasteiger partial charge in [-0.1, -0.05) is 0 Å². The molecule has 1 aliphatic heterocycles. The largest absolute Gasteiger partial charge is 0.292 e. The van der Waals surface area contributed by atoms with Crippen LogP contribution in [0.5, 0.6) is 0 Å². The summed E-state index contributed by atoms with van der Waals surface area (Å²) in [4.78, 5) is 3.67. The number of thiol groups is 1. The Kier molecular flexibility index (Phi) is 2.42. The second kappa shape index (κ2) is 2.97. The molecule has 0 aromatic carbocycles. The van der Waals surface area contributed by atoms with E-state index in [9.17, 15) is 0 Å². The van der Waals surface area contributed by atoms with E-state index in [2.05, 4.69) is 38.3 Å². The fraction of sp³-hybridized carbons (Fsp3) is 0.750. The highest BCUT2D eigenvalue weighted by molar-refractivity contribution is 7.84. The average molecular weight is 157 g/mol. The first-order chi connectivity index (χ1) is 4.61. The maximum Gasteiger partial charge on any atom is 0.0297 e. The first-order valence-corrected chi connectivity index (χ1v) is 4.17.